The van der Waals surface area contributed by atoms with E-state index in [-0.39, 0.29) is 0 Å². The van der Waals surface area contributed by atoms with Crippen LogP contribution < -0.4 is 4.57 Å². The lowest BCUT2D eigenvalue weighted by atomic mass is 9.90. The van der Waals surface area contributed by atoms with Gasteiger partial charge in [-0.25, -0.2) is 4.57 Å². The molecule has 4 nitrogen and oxygen atoms in total. The van der Waals surface area contributed by atoms with E-state index in [2.05, 4.69) is 52.5 Å². The van der Waals surface area contributed by atoms with Crippen LogP contribution in [0.25, 0.3) is 21.6 Å². The molecule has 3 aromatic rings. The van der Waals surface area contributed by atoms with Crippen molar-refractivity contribution >= 4 is 5.69 Å². The topological polar surface area (TPSA) is 52.6 Å². The van der Waals surface area contributed by atoms with Gasteiger partial charge in [0, 0.05) is 16.5 Å². The molecule has 0 aliphatic heterocycles. The second kappa shape index (κ2) is 7.03. The fourth-order valence-corrected chi connectivity index (χ4v) is 3.63. The summed E-state index contributed by atoms with van der Waals surface area (Å²) in [6.45, 7) is 0. The van der Waals surface area contributed by atoms with Crippen LogP contribution >= 0.6 is 0 Å². The zero-order valence-corrected chi connectivity index (χ0v) is 14.9. The van der Waals surface area contributed by atoms with Crippen molar-refractivity contribution in [2.24, 2.45) is 12.2 Å². The van der Waals surface area contributed by atoms with Gasteiger partial charge >= 0.3 is 0 Å². The Morgan fingerprint density at radius 2 is 1.50 bits per heavy atom. The van der Waals surface area contributed by atoms with Crippen molar-refractivity contribution in [2.75, 3.05) is 0 Å². The first kappa shape index (κ1) is 16.4. The van der Waals surface area contributed by atoms with E-state index in [1.54, 1.807) is 0 Å². The maximum Gasteiger partial charge on any atom is 0.178 e. The summed E-state index contributed by atoms with van der Waals surface area (Å²) in [4.78, 5) is 3.02. The number of hydrogen-bond donors (Lipinski definition) is 0. The molecule has 4 aliphatic rings. The van der Waals surface area contributed by atoms with E-state index in [1.807, 2.05) is 30.1 Å². The zero-order chi connectivity index (χ0) is 17.9. The summed E-state index contributed by atoms with van der Waals surface area (Å²) in [7, 11) is 1.94. The molecule has 0 radical (unpaired) electrons. The molecule has 26 heavy (non-hydrogen) atoms. The van der Waals surface area contributed by atoms with E-state index >= 15 is 0 Å². The van der Waals surface area contributed by atoms with Gasteiger partial charge in [-0.2, -0.15) is 0 Å². The predicted octanol–water partition coefficient (Wildman–Crippen LogP) is 5.00. The second-order valence-electron chi connectivity index (χ2n) is 6.91. The molecule has 0 amide bonds. The normalized spacial score (nSPS) is 13.0. The molecule has 0 N–H and O–H groups in total. The van der Waals surface area contributed by atoms with Gasteiger partial charge in [0.25, 0.3) is 0 Å². The highest BCUT2D eigenvalue weighted by atomic mass is 15.1. The lowest BCUT2D eigenvalue weighted by molar-refractivity contribution is -0.670. The number of aryl methyl sites for hydroxylation is 5. The maximum atomic E-state index is 8.97. The van der Waals surface area contributed by atoms with E-state index in [0.717, 1.165) is 31.2 Å². The van der Waals surface area contributed by atoms with Gasteiger partial charge in [0.2, 0.25) is 0 Å². The summed E-state index contributed by atoms with van der Waals surface area (Å²) >= 11 is 0. The van der Waals surface area contributed by atoms with Gasteiger partial charge in [-0.3, -0.25) is 0 Å². The number of hydrogen-bond acceptors (Lipinski definition) is 1. The van der Waals surface area contributed by atoms with Crippen LogP contribution in [0.4, 0.5) is 5.69 Å². The van der Waals surface area contributed by atoms with Crippen LogP contribution in [0.15, 0.2) is 66.0 Å². The van der Waals surface area contributed by atoms with Crippen LogP contribution in [0.1, 0.15) is 22.3 Å². The molecule has 4 bridgehead atoms. The number of rotatable bonds is 2. The molecule has 2 aromatic carbocycles. The van der Waals surface area contributed by atoms with Gasteiger partial charge in [0.1, 0.15) is 12.7 Å². The van der Waals surface area contributed by atoms with Crippen LogP contribution in [-0.4, -0.2) is 0 Å². The highest BCUT2D eigenvalue weighted by Gasteiger charge is 2.14. The molecule has 0 saturated carbocycles. The first-order valence-corrected chi connectivity index (χ1v) is 8.97. The largest absolute Gasteiger partial charge is 0.207 e. The minimum atomic E-state index is 0.673. The van der Waals surface area contributed by atoms with Gasteiger partial charge in [-0.15, -0.1) is 0 Å². The zero-order valence-electron chi connectivity index (χ0n) is 14.9. The third-order valence-electron chi connectivity index (χ3n) is 5.10. The average Bonchev–Trinajstić information content (AvgIpc) is 2.64. The Labute approximate surface area is 153 Å². The minimum Gasteiger partial charge on any atom is -0.207 e. The first-order valence-electron chi connectivity index (χ1n) is 8.97. The molecule has 0 fully saturated rings. The summed E-state index contributed by atoms with van der Waals surface area (Å²) in [6.07, 6.45) is 7.89. The molecule has 1 aromatic heterocycles. The Hall–Kier alpha value is -3.10. The second-order valence-corrected chi connectivity index (χ2v) is 6.91. The Kier molecular flexibility index (Phi) is 4.42. The standard InChI is InChI=1S/C22H21N4/c1-26-13-12-20(22(15-26)24-25-23)21-14-18-7-6-16-2-4-17(5-3-16)8-10-19(21)11-9-18/h2-5,9,11-15H,6-8,10H2,1H3/q+1. The van der Waals surface area contributed by atoms with E-state index in [9.17, 15) is 0 Å². The molecule has 0 spiro atoms. The molecule has 1 heterocycles. The van der Waals surface area contributed by atoms with Gasteiger partial charge in [0.05, 0.1) is 0 Å². The molecule has 0 unspecified atom stereocenters. The molecule has 0 saturated heterocycles. The summed E-state index contributed by atoms with van der Waals surface area (Å²) in [5, 5.41) is 3.93. The fourth-order valence-electron chi connectivity index (χ4n) is 3.63. The highest BCUT2D eigenvalue weighted by molar-refractivity contribution is 5.77. The van der Waals surface area contributed by atoms with Crippen molar-refractivity contribution in [1.82, 2.24) is 0 Å². The molecule has 4 heteroatoms. The summed E-state index contributed by atoms with van der Waals surface area (Å²) in [6, 6.07) is 17.8. The van der Waals surface area contributed by atoms with E-state index in [1.165, 1.54) is 27.8 Å². The highest BCUT2D eigenvalue weighted by Crippen LogP contribution is 2.33. The lowest BCUT2D eigenvalue weighted by Gasteiger charge is -2.15. The molecular weight excluding hydrogens is 320 g/mol. The number of pyridine rings is 1. The van der Waals surface area contributed by atoms with E-state index in [0.29, 0.717) is 5.69 Å². The van der Waals surface area contributed by atoms with Crippen molar-refractivity contribution in [1.29, 1.82) is 0 Å². The van der Waals surface area contributed by atoms with Crippen LogP contribution in [-0.2, 0) is 32.7 Å². The van der Waals surface area contributed by atoms with Gasteiger partial charge in [0.15, 0.2) is 12.4 Å². The van der Waals surface area contributed by atoms with Gasteiger partial charge in [-0.1, -0.05) is 47.6 Å². The number of nitrogens with zero attached hydrogens (tertiary/aromatic N) is 4. The number of benzene rings is 2. The summed E-state index contributed by atoms with van der Waals surface area (Å²) in [5.41, 5.74) is 17.2. The minimum absolute atomic E-state index is 0.673. The summed E-state index contributed by atoms with van der Waals surface area (Å²) in [5.74, 6) is 0. The Bertz CT molecular complexity index is 999. The quantitative estimate of drug-likeness (QED) is 0.272. The lowest BCUT2D eigenvalue weighted by Crippen LogP contribution is -2.26. The fraction of sp³-hybridized carbons (Fsp3) is 0.227. The van der Waals surface area contributed by atoms with E-state index in [4.69, 9.17) is 5.53 Å². The molecule has 7 rings (SSSR count). The van der Waals surface area contributed by atoms with Gasteiger partial charge in [-0.05, 0) is 59.0 Å². The number of azide groups is 1. The molecule has 4 aliphatic carbocycles. The Balaban J connectivity index is 1.84. The monoisotopic (exact) mass is 341 g/mol. The first-order chi connectivity index (χ1) is 12.7. The SMILES string of the molecule is C[n+]1ccc(-c2cc3ccc2CCc2ccc(cc2)CC3)c(N=[N+]=[N-])c1. The van der Waals surface area contributed by atoms with Crippen molar-refractivity contribution < 1.29 is 4.57 Å². The smallest absolute Gasteiger partial charge is 0.178 e. The van der Waals surface area contributed by atoms with Crippen molar-refractivity contribution in [3.63, 3.8) is 0 Å². The molecule has 0 atom stereocenters. The molecular formula is C22H21N4+. The summed E-state index contributed by atoms with van der Waals surface area (Å²) < 4.78 is 1.91. The Morgan fingerprint density at radius 1 is 0.846 bits per heavy atom. The third-order valence-corrected chi connectivity index (χ3v) is 5.10. The van der Waals surface area contributed by atoms with Crippen LogP contribution in [0.2, 0.25) is 0 Å². The van der Waals surface area contributed by atoms with Crippen molar-refractivity contribution in [3.8, 4) is 11.1 Å². The Morgan fingerprint density at radius 3 is 2.23 bits per heavy atom. The van der Waals surface area contributed by atoms with E-state index < -0.39 is 0 Å². The van der Waals surface area contributed by atoms with Crippen LogP contribution in [0.5, 0.6) is 0 Å². The van der Waals surface area contributed by atoms with Crippen LogP contribution in [0, 0.1) is 0 Å². The molecule has 128 valence electrons. The van der Waals surface area contributed by atoms with Gasteiger partial charge < -0.3 is 0 Å². The van der Waals surface area contributed by atoms with Crippen molar-refractivity contribution in [2.45, 2.75) is 25.7 Å². The third kappa shape index (κ3) is 3.32. The predicted molar refractivity (Wildman–Crippen MR) is 103 cm³/mol. The van der Waals surface area contributed by atoms with Crippen molar-refractivity contribution in [3.05, 3.63) is 93.6 Å². The maximum absolute atomic E-state index is 8.97. The van der Waals surface area contributed by atoms with Crippen LogP contribution in [0.3, 0.4) is 0 Å². The average molecular weight is 341 g/mol. The number of aromatic nitrogens is 1.